The number of carboxylic acids is 1. The van der Waals surface area contributed by atoms with Gasteiger partial charge in [0.15, 0.2) is 0 Å². The van der Waals surface area contributed by atoms with E-state index in [1.54, 1.807) is 10.4 Å². The summed E-state index contributed by atoms with van der Waals surface area (Å²) in [6.45, 7) is 0. The summed E-state index contributed by atoms with van der Waals surface area (Å²) in [5.74, 6) is -1.97. The summed E-state index contributed by atoms with van der Waals surface area (Å²) in [7, 11) is 0. The fraction of sp³-hybridized carbons (Fsp3) is 0.227. The van der Waals surface area contributed by atoms with Gasteiger partial charge in [-0.3, -0.25) is 0 Å². The van der Waals surface area contributed by atoms with Crippen LogP contribution in [0.3, 0.4) is 0 Å². The molecule has 2 aromatic carbocycles. The Kier molecular flexibility index (Phi) is 5.96. The Morgan fingerprint density at radius 3 is 2.62 bits per heavy atom. The first-order valence-corrected chi connectivity index (χ1v) is 10.6. The highest BCUT2D eigenvalue weighted by molar-refractivity contribution is 7.14. The molecule has 0 atom stereocenters. The largest absolute Gasteiger partial charge is 0.478 e. The van der Waals surface area contributed by atoms with E-state index >= 15 is 0 Å². The molecular formula is C22H17F4N3O2S. The third-order valence-corrected chi connectivity index (χ3v) is 6.01. The molecule has 4 rings (SSSR count). The summed E-state index contributed by atoms with van der Waals surface area (Å²) >= 11 is 1.15. The van der Waals surface area contributed by atoms with Crippen LogP contribution in [-0.4, -0.2) is 28.3 Å². The number of nitrogens with zero attached hydrogens (tertiary/aromatic N) is 3. The molecule has 1 heterocycles. The zero-order chi connectivity index (χ0) is 22.9. The Morgan fingerprint density at radius 2 is 1.97 bits per heavy atom. The minimum absolute atomic E-state index is 0.00293. The van der Waals surface area contributed by atoms with Crippen LogP contribution in [0.25, 0.3) is 11.3 Å². The molecule has 1 aliphatic carbocycles. The monoisotopic (exact) mass is 463 g/mol. The number of benzene rings is 2. The average Bonchev–Trinajstić information content (AvgIpc) is 3.19. The number of carbonyl (C=O) groups is 1. The molecule has 10 heteroatoms. The Morgan fingerprint density at radius 1 is 1.22 bits per heavy atom. The molecule has 0 amide bonds. The van der Waals surface area contributed by atoms with Crippen molar-refractivity contribution in [1.29, 1.82) is 0 Å². The number of aromatic carboxylic acids is 1. The highest BCUT2D eigenvalue weighted by atomic mass is 32.1. The predicted octanol–water partition coefficient (Wildman–Crippen LogP) is 6.06. The lowest BCUT2D eigenvalue weighted by Gasteiger charge is -2.33. The van der Waals surface area contributed by atoms with Crippen molar-refractivity contribution in [3.8, 4) is 11.3 Å². The molecule has 1 aromatic heterocycles. The molecule has 0 saturated heterocycles. The van der Waals surface area contributed by atoms with E-state index < -0.39 is 23.5 Å². The molecule has 166 valence electrons. The SMILES string of the molecule is O=C(O)c1cc(F)ccc1/C=N/N(c1nc(-c2ccccc2C(F)(F)F)cs1)C1CCC1. The van der Waals surface area contributed by atoms with Crippen LogP contribution in [-0.2, 0) is 6.18 Å². The first kappa shape index (κ1) is 21.9. The van der Waals surface area contributed by atoms with Gasteiger partial charge in [-0.2, -0.15) is 18.3 Å². The van der Waals surface area contributed by atoms with Crippen LogP contribution in [0.2, 0.25) is 0 Å². The number of hydrogen-bond acceptors (Lipinski definition) is 5. The molecule has 1 fully saturated rings. The van der Waals surface area contributed by atoms with E-state index in [0.29, 0.717) is 5.13 Å². The first-order chi connectivity index (χ1) is 15.2. The Bertz CT molecular complexity index is 1170. The van der Waals surface area contributed by atoms with Gasteiger partial charge in [-0.1, -0.05) is 18.2 Å². The van der Waals surface area contributed by atoms with Crippen molar-refractivity contribution in [1.82, 2.24) is 4.98 Å². The number of rotatable bonds is 6. The zero-order valence-electron chi connectivity index (χ0n) is 16.5. The summed E-state index contributed by atoms with van der Waals surface area (Å²) in [6, 6.07) is 8.59. The molecular weight excluding hydrogens is 446 g/mol. The molecule has 0 bridgehead atoms. The second-order valence-corrected chi connectivity index (χ2v) is 8.11. The minimum Gasteiger partial charge on any atom is -0.478 e. The molecule has 1 saturated carbocycles. The van der Waals surface area contributed by atoms with E-state index in [-0.39, 0.29) is 28.4 Å². The maximum absolute atomic E-state index is 13.4. The predicted molar refractivity (Wildman–Crippen MR) is 114 cm³/mol. The second-order valence-electron chi connectivity index (χ2n) is 7.27. The molecule has 1 aliphatic rings. The molecule has 0 aliphatic heterocycles. The van der Waals surface area contributed by atoms with Crippen molar-refractivity contribution in [3.63, 3.8) is 0 Å². The first-order valence-electron chi connectivity index (χ1n) is 9.72. The maximum atomic E-state index is 13.4. The van der Waals surface area contributed by atoms with Crippen LogP contribution in [0.1, 0.15) is 40.7 Å². The van der Waals surface area contributed by atoms with Crippen LogP contribution in [0.5, 0.6) is 0 Å². The lowest BCUT2D eigenvalue weighted by Crippen LogP contribution is -2.36. The summed E-state index contributed by atoms with van der Waals surface area (Å²) in [5.41, 5.74) is -0.631. The Balaban J connectivity index is 1.68. The van der Waals surface area contributed by atoms with Gasteiger partial charge < -0.3 is 5.11 Å². The number of anilines is 1. The van der Waals surface area contributed by atoms with E-state index in [0.717, 1.165) is 48.8 Å². The van der Waals surface area contributed by atoms with Crippen LogP contribution < -0.4 is 5.01 Å². The molecule has 3 aromatic rings. The van der Waals surface area contributed by atoms with E-state index in [2.05, 4.69) is 10.1 Å². The van der Waals surface area contributed by atoms with Gasteiger partial charge in [-0.15, -0.1) is 11.3 Å². The number of hydrazone groups is 1. The minimum atomic E-state index is -4.51. The topological polar surface area (TPSA) is 65.8 Å². The molecule has 0 spiro atoms. The summed E-state index contributed by atoms with van der Waals surface area (Å²) in [5, 5.41) is 17.2. The lowest BCUT2D eigenvalue weighted by molar-refractivity contribution is -0.137. The van der Waals surface area contributed by atoms with Gasteiger partial charge in [0.2, 0.25) is 5.13 Å². The maximum Gasteiger partial charge on any atom is 0.417 e. The quantitative estimate of drug-likeness (QED) is 0.274. The Hall–Kier alpha value is -3.27. The third-order valence-electron chi connectivity index (χ3n) is 5.18. The fourth-order valence-corrected chi connectivity index (χ4v) is 4.18. The number of thiazole rings is 1. The smallest absolute Gasteiger partial charge is 0.417 e. The van der Waals surface area contributed by atoms with Crippen molar-refractivity contribution < 1.29 is 27.5 Å². The van der Waals surface area contributed by atoms with E-state index in [4.69, 9.17) is 0 Å². The van der Waals surface area contributed by atoms with Crippen LogP contribution in [0.4, 0.5) is 22.7 Å². The molecule has 1 N–H and O–H groups in total. The molecule has 0 radical (unpaired) electrons. The van der Waals surface area contributed by atoms with Crippen molar-refractivity contribution in [2.45, 2.75) is 31.5 Å². The van der Waals surface area contributed by atoms with Crippen molar-refractivity contribution in [2.24, 2.45) is 5.10 Å². The molecule has 5 nitrogen and oxygen atoms in total. The number of hydrogen-bond donors (Lipinski definition) is 1. The number of alkyl halides is 3. The van der Waals surface area contributed by atoms with E-state index in [1.807, 2.05) is 0 Å². The van der Waals surface area contributed by atoms with Gasteiger partial charge in [0.25, 0.3) is 0 Å². The number of carboxylic acid groups (broad SMARTS) is 1. The second kappa shape index (κ2) is 8.70. The summed E-state index contributed by atoms with van der Waals surface area (Å²) in [6.07, 6.45) is -0.585. The van der Waals surface area contributed by atoms with E-state index in [9.17, 15) is 27.5 Å². The van der Waals surface area contributed by atoms with Crippen LogP contribution >= 0.6 is 11.3 Å². The zero-order valence-corrected chi connectivity index (χ0v) is 17.3. The number of halogens is 4. The van der Waals surface area contributed by atoms with Gasteiger partial charge in [0.05, 0.1) is 29.1 Å². The standard InChI is InChI=1S/C22H17F4N3O2S/c23-14-9-8-13(17(10-14)20(30)31)11-27-29(15-4-3-5-15)21-28-19(12-32-21)16-6-1-2-7-18(16)22(24,25)26/h1-2,6-12,15H,3-5H2,(H,30,31)/b27-11+. The molecule has 32 heavy (non-hydrogen) atoms. The summed E-state index contributed by atoms with van der Waals surface area (Å²) in [4.78, 5) is 15.8. The van der Waals surface area contributed by atoms with Crippen molar-refractivity contribution in [2.75, 3.05) is 5.01 Å². The van der Waals surface area contributed by atoms with Gasteiger partial charge in [0, 0.05) is 16.5 Å². The average molecular weight is 463 g/mol. The highest BCUT2D eigenvalue weighted by Gasteiger charge is 2.34. The summed E-state index contributed by atoms with van der Waals surface area (Å²) < 4.78 is 53.6. The van der Waals surface area contributed by atoms with Gasteiger partial charge in [-0.25, -0.2) is 19.2 Å². The lowest BCUT2D eigenvalue weighted by atomic mass is 9.93. The fourth-order valence-electron chi connectivity index (χ4n) is 3.33. The third kappa shape index (κ3) is 4.50. The van der Waals surface area contributed by atoms with Crippen LogP contribution in [0, 0.1) is 5.82 Å². The van der Waals surface area contributed by atoms with Gasteiger partial charge in [0.1, 0.15) is 5.82 Å². The van der Waals surface area contributed by atoms with E-state index in [1.165, 1.54) is 30.5 Å². The van der Waals surface area contributed by atoms with Gasteiger partial charge in [-0.05, 0) is 43.5 Å². The number of aromatic nitrogens is 1. The Labute approximate surface area is 184 Å². The highest BCUT2D eigenvalue weighted by Crippen LogP contribution is 2.39. The molecule has 0 unspecified atom stereocenters. The normalized spacial score (nSPS) is 14.5. The van der Waals surface area contributed by atoms with Crippen molar-refractivity contribution >= 4 is 28.7 Å². The van der Waals surface area contributed by atoms with Gasteiger partial charge >= 0.3 is 12.1 Å². The van der Waals surface area contributed by atoms with Crippen LogP contribution in [0.15, 0.2) is 52.9 Å². The van der Waals surface area contributed by atoms with Crippen molar-refractivity contribution in [3.05, 3.63) is 70.4 Å².